The first-order chi connectivity index (χ1) is 7.32. The van der Waals surface area contributed by atoms with Crippen LogP contribution in [0.1, 0.15) is 5.56 Å². The van der Waals surface area contributed by atoms with Gasteiger partial charge in [0, 0.05) is 12.1 Å². The van der Waals surface area contributed by atoms with Crippen molar-refractivity contribution >= 4 is 21.8 Å². The maximum absolute atomic E-state index is 13.3. The fraction of sp³-hybridized carbons (Fsp3) is 0.222. The second kappa shape index (κ2) is 4.82. The van der Waals surface area contributed by atoms with Crippen LogP contribution in [-0.4, -0.2) is 12.1 Å². The lowest BCUT2D eigenvalue weighted by Gasteiger charge is -2.08. The molecule has 1 rings (SSSR count). The number of carbonyl (C=O) groups is 1. The van der Waals surface area contributed by atoms with Gasteiger partial charge in [-0.25, -0.2) is 4.39 Å². The minimum absolute atomic E-state index is 0.0213. The van der Waals surface area contributed by atoms with Gasteiger partial charge in [0.2, 0.25) is 0 Å². The molecular weight excluding hydrogens is 294 g/mol. The highest BCUT2D eigenvalue weighted by atomic mass is 79.9. The Balaban J connectivity index is 2.69. The molecule has 0 saturated carbocycles. The molecule has 2 nitrogen and oxygen atoms in total. The van der Waals surface area contributed by atoms with Crippen LogP contribution in [-0.2, 0) is 11.3 Å². The van der Waals surface area contributed by atoms with Gasteiger partial charge in [0.25, 0.3) is 0 Å². The van der Waals surface area contributed by atoms with Crippen LogP contribution in [0, 0.1) is 5.82 Å². The maximum atomic E-state index is 13.3. The molecule has 0 saturated heterocycles. The van der Waals surface area contributed by atoms with Crippen LogP contribution in [0.25, 0.3) is 0 Å². The Morgan fingerprint density at radius 3 is 2.56 bits per heavy atom. The number of halogens is 5. The average Bonchev–Trinajstić information content (AvgIpc) is 2.18. The van der Waals surface area contributed by atoms with Gasteiger partial charge in [-0.3, -0.25) is 4.79 Å². The summed E-state index contributed by atoms with van der Waals surface area (Å²) in [6, 6.07) is 4.16. The predicted octanol–water partition coefficient (Wildman–Crippen LogP) is 2.77. The van der Waals surface area contributed by atoms with Crippen molar-refractivity contribution in [1.29, 1.82) is 0 Å². The number of benzene rings is 1. The summed E-state index contributed by atoms with van der Waals surface area (Å²) in [6.45, 7) is -0.510. The second-order valence-electron chi connectivity index (χ2n) is 2.89. The molecule has 0 aliphatic rings. The van der Waals surface area contributed by atoms with Gasteiger partial charge in [-0.05, 0) is 22.0 Å². The Bertz CT molecular complexity index is 405. The van der Waals surface area contributed by atoms with E-state index in [1.807, 2.05) is 0 Å². The lowest BCUT2D eigenvalue weighted by molar-refractivity contribution is -0.173. The van der Waals surface area contributed by atoms with Gasteiger partial charge in [0.1, 0.15) is 5.82 Å². The zero-order chi connectivity index (χ0) is 12.3. The van der Waals surface area contributed by atoms with Crippen LogP contribution in [0.15, 0.2) is 22.7 Å². The Hall–Kier alpha value is -1.11. The minimum Gasteiger partial charge on any atom is -0.344 e. The van der Waals surface area contributed by atoms with E-state index < -0.39 is 24.4 Å². The van der Waals surface area contributed by atoms with Gasteiger partial charge in [-0.2, -0.15) is 13.2 Å². The first-order valence-corrected chi connectivity index (χ1v) is 4.89. The van der Waals surface area contributed by atoms with E-state index in [2.05, 4.69) is 15.9 Å². The van der Waals surface area contributed by atoms with Crippen molar-refractivity contribution in [2.45, 2.75) is 12.7 Å². The van der Waals surface area contributed by atoms with E-state index in [0.717, 1.165) is 0 Å². The van der Waals surface area contributed by atoms with Crippen LogP contribution in [0.5, 0.6) is 0 Å². The number of amides is 1. The molecule has 88 valence electrons. The Morgan fingerprint density at radius 2 is 2.00 bits per heavy atom. The van der Waals surface area contributed by atoms with Gasteiger partial charge in [0.15, 0.2) is 0 Å². The molecule has 0 aromatic heterocycles. The van der Waals surface area contributed by atoms with Crippen molar-refractivity contribution in [3.8, 4) is 0 Å². The van der Waals surface area contributed by atoms with E-state index in [1.165, 1.54) is 18.2 Å². The topological polar surface area (TPSA) is 29.1 Å². The van der Waals surface area contributed by atoms with Gasteiger partial charge in [-0.15, -0.1) is 0 Å². The summed E-state index contributed by atoms with van der Waals surface area (Å²) in [6.07, 6.45) is -4.96. The van der Waals surface area contributed by atoms with E-state index in [-0.39, 0.29) is 10.0 Å². The van der Waals surface area contributed by atoms with Gasteiger partial charge < -0.3 is 5.32 Å². The van der Waals surface area contributed by atoms with E-state index in [4.69, 9.17) is 0 Å². The smallest absolute Gasteiger partial charge is 0.344 e. The summed E-state index contributed by atoms with van der Waals surface area (Å²) in [4.78, 5) is 10.5. The highest BCUT2D eigenvalue weighted by Crippen LogP contribution is 2.19. The van der Waals surface area contributed by atoms with Crippen molar-refractivity contribution in [3.63, 3.8) is 0 Å². The molecular formula is C9H6BrF4NO. The third-order valence-electron chi connectivity index (χ3n) is 1.73. The normalized spacial score (nSPS) is 11.3. The molecule has 1 N–H and O–H groups in total. The minimum atomic E-state index is -4.96. The molecule has 0 atom stereocenters. The van der Waals surface area contributed by atoms with Gasteiger partial charge in [-0.1, -0.05) is 12.1 Å². The molecule has 7 heteroatoms. The van der Waals surface area contributed by atoms with Gasteiger partial charge >= 0.3 is 12.1 Å². The highest BCUT2D eigenvalue weighted by Gasteiger charge is 2.38. The Labute approximate surface area is 96.8 Å². The van der Waals surface area contributed by atoms with Crippen LogP contribution in [0.2, 0.25) is 0 Å². The fourth-order valence-corrected chi connectivity index (χ4v) is 1.37. The standard InChI is InChI=1S/C9H6BrF4NO/c10-6-3-1-2-5(7(6)11)4-15-8(16)9(12,13)14/h1-3H,4H2,(H,15,16). The molecule has 0 radical (unpaired) electrons. The summed E-state index contributed by atoms with van der Waals surface area (Å²) >= 11 is 2.88. The third kappa shape index (κ3) is 3.19. The Morgan fingerprint density at radius 1 is 1.38 bits per heavy atom. The van der Waals surface area contributed by atoms with Gasteiger partial charge in [0.05, 0.1) is 4.47 Å². The van der Waals surface area contributed by atoms with E-state index in [0.29, 0.717) is 0 Å². The lowest BCUT2D eigenvalue weighted by atomic mass is 10.2. The molecule has 1 amide bonds. The van der Waals surface area contributed by atoms with Crippen LogP contribution in [0.3, 0.4) is 0 Å². The van der Waals surface area contributed by atoms with E-state index in [9.17, 15) is 22.4 Å². The number of nitrogens with one attached hydrogen (secondary N) is 1. The summed E-state index contributed by atoms with van der Waals surface area (Å²) < 4.78 is 48.9. The summed E-state index contributed by atoms with van der Waals surface area (Å²) in [5.74, 6) is -2.78. The number of alkyl halides is 3. The summed E-state index contributed by atoms with van der Waals surface area (Å²) in [5.41, 5.74) is -0.0213. The first kappa shape index (κ1) is 13.0. The first-order valence-electron chi connectivity index (χ1n) is 4.10. The van der Waals surface area contributed by atoms with Crippen molar-refractivity contribution in [1.82, 2.24) is 5.32 Å². The second-order valence-corrected chi connectivity index (χ2v) is 3.75. The van der Waals surface area contributed by atoms with Crippen LogP contribution >= 0.6 is 15.9 Å². The Kier molecular flexibility index (Phi) is 3.90. The van der Waals surface area contributed by atoms with E-state index >= 15 is 0 Å². The molecule has 0 heterocycles. The van der Waals surface area contributed by atoms with Crippen molar-refractivity contribution in [3.05, 3.63) is 34.1 Å². The van der Waals surface area contributed by atoms with Crippen molar-refractivity contribution in [2.75, 3.05) is 0 Å². The largest absolute Gasteiger partial charge is 0.471 e. The number of rotatable bonds is 2. The number of hydrogen-bond acceptors (Lipinski definition) is 1. The summed E-state index contributed by atoms with van der Waals surface area (Å²) in [7, 11) is 0. The molecule has 0 unspecified atom stereocenters. The molecule has 0 bridgehead atoms. The average molecular weight is 300 g/mol. The molecule has 0 aliphatic heterocycles. The SMILES string of the molecule is O=C(NCc1cccc(Br)c1F)C(F)(F)F. The third-order valence-corrected chi connectivity index (χ3v) is 2.34. The lowest BCUT2D eigenvalue weighted by Crippen LogP contribution is -2.36. The molecule has 16 heavy (non-hydrogen) atoms. The van der Waals surface area contributed by atoms with Crippen LogP contribution in [0.4, 0.5) is 17.6 Å². The van der Waals surface area contributed by atoms with Crippen molar-refractivity contribution < 1.29 is 22.4 Å². The molecule has 0 spiro atoms. The predicted molar refractivity (Wildman–Crippen MR) is 52.0 cm³/mol. The zero-order valence-electron chi connectivity index (χ0n) is 7.74. The van der Waals surface area contributed by atoms with Crippen LogP contribution < -0.4 is 5.32 Å². The monoisotopic (exact) mass is 299 g/mol. The van der Waals surface area contributed by atoms with E-state index in [1.54, 1.807) is 5.32 Å². The zero-order valence-corrected chi connectivity index (χ0v) is 9.32. The maximum Gasteiger partial charge on any atom is 0.471 e. The fourth-order valence-electron chi connectivity index (χ4n) is 0.961. The summed E-state index contributed by atoms with van der Waals surface area (Å²) in [5, 5.41) is 1.58. The quantitative estimate of drug-likeness (QED) is 0.836. The molecule has 0 fully saturated rings. The molecule has 1 aromatic carbocycles. The number of carbonyl (C=O) groups excluding carboxylic acids is 1. The number of hydrogen-bond donors (Lipinski definition) is 1. The molecule has 0 aliphatic carbocycles. The highest BCUT2D eigenvalue weighted by molar-refractivity contribution is 9.10. The van der Waals surface area contributed by atoms with Crippen molar-refractivity contribution in [2.24, 2.45) is 0 Å². The molecule has 1 aromatic rings.